The van der Waals surface area contributed by atoms with E-state index >= 15 is 0 Å². The van der Waals surface area contributed by atoms with Gasteiger partial charge in [-0.2, -0.15) is 0 Å². The monoisotopic (exact) mass is 320 g/mol. The van der Waals surface area contributed by atoms with Crippen LogP contribution in [0.3, 0.4) is 0 Å². The molecule has 132 valence electrons. The molecule has 23 heavy (non-hydrogen) atoms. The van der Waals surface area contributed by atoms with E-state index in [0.29, 0.717) is 0 Å². The normalized spacial score (nSPS) is 11.7. The summed E-state index contributed by atoms with van der Waals surface area (Å²) in [4.78, 5) is 0. The van der Waals surface area contributed by atoms with Gasteiger partial charge in [0, 0.05) is 12.1 Å². The molecule has 0 radical (unpaired) electrons. The minimum Gasteiger partial charge on any atom is -0.494 e. The second kappa shape index (κ2) is 11.5. The van der Waals surface area contributed by atoms with E-state index in [1.165, 1.54) is 69.9 Å². The van der Waals surface area contributed by atoms with Crippen LogP contribution in [0, 0.1) is 0 Å². The van der Waals surface area contributed by atoms with Crippen LogP contribution < -0.4 is 9.22 Å². The molecule has 0 amide bonds. The maximum absolute atomic E-state index is 5.84. The van der Waals surface area contributed by atoms with Crippen molar-refractivity contribution in [1.82, 2.24) is 4.48 Å². The zero-order valence-corrected chi connectivity index (χ0v) is 15.9. The van der Waals surface area contributed by atoms with Gasteiger partial charge in [-0.25, -0.2) is 0 Å². The minimum atomic E-state index is 0.846. The van der Waals surface area contributed by atoms with Gasteiger partial charge in [-0.1, -0.05) is 64.7 Å². The summed E-state index contributed by atoms with van der Waals surface area (Å²) in [6.07, 6.45) is 13.7. The first-order valence-corrected chi connectivity index (χ1v) is 9.59. The molecule has 0 atom stereocenters. The van der Waals surface area contributed by atoms with Gasteiger partial charge in [0.15, 0.2) is 0 Å². The number of hydrogen-bond donors (Lipinski definition) is 0. The molecule has 0 aromatic heterocycles. The van der Waals surface area contributed by atoms with Crippen molar-refractivity contribution >= 4 is 5.69 Å². The van der Waals surface area contributed by atoms with E-state index in [0.717, 1.165) is 16.8 Å². The number of quaternary nitrogens is 1. The molecule has 1 aromatic carbocycles. The van der Waals surface area contributed by atoms with E-state index in [1.807, 2.05) is 0 Å². The van der Waals surface area contributed by atoms with E-state index in [2.05, 4.69) is 52.3 Å². The molecule has 0 N–H and O–H groups in total. The van der Waals surface area contributed by atoms with Crippen LogP contribution in [0.2, 0.25) is 0 Å². The summed E-state index contributed by atoms with van der Waals surface area (Å²) in [7, 11) is 6.54. The Balaban J connectivity index is 1.99. The largest absolute Gasteiger partial charge is 0.494 e. The van der Waals surface area contributed by atoms with Crippen LogP contribution in [0.25, 0.3) is 0 Å². The lowest BCUT2D eigenvalue weighted by Crippen LogP contribution is -2.34. The Morgan fingerprint density at radius 1 is 0.696 bits per heavy atom. The summed E-state index contributed by atoms with van der Waals surface area (Å²) in [5.74, 6) is 0.998. The van der Waals surface area contributed by atoms with Crippen molar-refractivity contribution in [3.8, 4) is 5.75 Å². The summed E-state index contributed by atoms with van der Waals surface area (Å²) in [6, 6.07) is 8.51. The van der Waals surface area contributed by atoms with Crippen molar-refractivity contribution in [3.05, 3.63) is 24.3 Å². The Bertz CT molecular complexity index is 391. The van der Waals surface area contributed by atoms with E-state index in [1.54, 1.807) is 0 Å². The molecule has 2 nitrogen and oxygen atoms in total. The highest BCUT2D eigenvalue weighted by molar-refractivity contribution is 5.44. The average molecular weight is 321 g/mol. The average Bonchev–Trinajstić information content (AvgIpc) is 2.52. The van der Waals surface area contributed by atoms with Crippen molar-refractivity contribution in [2.75, 3.05) is 27.7 Å². The molecule has 2 heteroatoms. The zero-order valence-electron chi connectivity index (χ0n) is 15.9. The first kappa shape index (κ1) is 20.0. The van der Waals surface area contributed by atoms with E-state index in [-0.39, 0.29) is 0 Å². The predicted octanol–water partition coefficient (Wildman–Crippen LogP) is 6.18. The lowest BCUT2D eigenvalue weighted by Gasteiger charge is -2.23. The molecule has 0 aliphatic heterocycles. The molecule has 1 aromatic rings. The topological polar surface area (TPSA) is 9.23 Å². The van der Waals surface area contributed by atoms with Crippen molar-refractivity contribution in [2.24, 2.45) is 0 Å². The van der Waals surface area contributed by atoms with Crippen LogP contribution in [0.4, 0.5) is 5.69 Å². The van der Waals surface area contributed by atoms with E-state index in [4.69, 9.17) is 4.74 Å². The van der Waals surface area contributed by atoms with Gasteiger partial charge in [-0.05, 0) is 18.6 Å². The number of hydrogen-bond acceptors (Lipinski definition) is 1. The Kier molecular flexibility index (Phi) is 10.0. The fourth-order valence-corrected chi connectivity index (χ4v) is 2.77. The zero-order chi connectivity index (χ0) is 17.0. The molecule has 0 fully saturated rings. The van der Waals surface area contributed by atoms with Gasteiger partial charge in [0.2, 0.25) is 0 Å². The smallest absolute Gasteiger partial charge is 0.132 e. The Labute approximate surface area is 144 Å². The molecule has 0 saturated heterocycles. The van der Waals surface area contributed by atoms with Crippen LogP contribution in [-0.4, -0.2) is 27.7 Å². The van der Waals surface area contributed by atoms with Gasteiger partial charge in [0.1, 0.15) is 11.4 Å². The third kappa shape index (κ3) is 9.65. The third-order valence-corrected chi connectivity index (χ3v) is 4.38. The highest BCUT2D eigenvalue weighted by Crippen LogP contribution is 2.21. The SMILES string of the molecule is CCCCCCCCCCCCOc1ccc([N+](C)(C)C)cc1. The van der Waals surface area contributed by atoms with Gasteiger partial charge >= 0.3 is 0 Å². The second-order valence-electron chi connectivity index (χ2n) is 7.54. The molecule has 0 unspecified atom stereocenters. The Hall–Kier alpha value is -1.02. The number of unbranched alkanes of at least 4 members (excludes halogenated alkanes) is 9. The number of nitrogens with zero attached hydrogens (tertiary/aromatic N) is 1. The van der Waals surface area contributed by atoms with Gasteiger partial charge in [0.25, 0.3) is 0 Å². The number of ether oxygens (including phenoxy) is 1. The standard InChI is InChI=1S/C21H38NO/c1-5-6-7-8-9-10-11-12-13-14-19-23-21-17-15-20(16-18-21)22(2,3)4/h15-18H,5-14,19H2,1-4H3/q+1. The number of rotatable bonds is 13. The van der Waals surface area contributed by atoms with Gasteiger partial charge in [0.05, 0.1) is 27.7 Å². The second-order valence-corrected chi connectivity index (χ2v) is 7.54. The fourth-order valence-electron chi connectivity index (χ4n) is 2.77. The lowest BCUT2D eigenvalue weighted by molar-refractivity contribution is 0.304. The number of benzene rings is 1. The predicted molar refractivity (Wildman–Crippen MR) is 103 cm³/mol. The fraction of sp³-hybridized carbons (Fsp3) is 0.714. The van der Waals surface area contributed by atoms with Gasteiger partial charge in [-0.15, -0.1) is 0 Å². The first-order chi connectivity index (χ1) is 11.0. The molecule has 0 aliphatic rings. The van der Waals surface area contributed by atoms with Crippen molar-refractivity contribution in [1.29, 1.82) is 0 Å². The van der Waals surface area contributed by atoms with Crippen molar-refractivity contribution in [2.45, 2.75) is 71.1 Å². The summed E-state index contributed by atoms with van der Waals surface area (Å²) < 4.78 is 6.68. The summed E-state index contributed by atoms with van der Waals surface area (Å²) in [5, 5.41) is 0. The van der Waals surface area contributed by atoms with E-state index in [9.17, 15) is 0 Å². The van der Waals surface area contributed by atoms with Crippen LogP contribution in [0.5, 0.6) is 5.75 Å². The molecule has 0 spiro atoms. The Morgan fingerprint density at radius 3 is 1.65 bits per heavy atom. The molecular weight excluding hydrogens is 282 g/mol. The third-order valence-electron chi connectivity index (χ3n) is 4.38. The molecule has 0 bridgehead atoms. The first-order valence-electron chi connectivity index (χ1n) is 9.59. The molecule has 0 heterocycles. The van der Waals surface area contributed by atoms with Crippen LogP contribution in [-0.2, 0) is 0 Å². The maximum Gasteiger partial charge on any atom is 0.132 e. The molecule has 1 rings (SSSR count). The van der Waals surface area contributed by atoms with Crippen molar-refractivity contribution in [3.63, 3.8) is 0 Å². The summed E-state index contributed by atoms with van der Waals surface area (Å²) in [5.41, 5.74) is 1.30. The van der Waals surface area contributed by atoms with E-state index < -0.39 is 0 Å². The maximum atomic E-state index is 5.84. The van der Waals surface area contributed by atoms with Crippen LogP contribution in [0.1, 0.15) is 71.1 Å². The summed E-state index contributed by atoms with van der Waals surface area (Å²) in [6.45, 7) is 3.13. The van der Waals surface area contributed by atoms with Gasteiger partial charge in [-0.3, -0.25) is 4.48 Å². The highest BCUT2D eigenvalue weighted by atomic mass is 16.5. The minimum absolute atomic E-state index is 0.846. The van der Waals surface area contributed by atoms with Gasteiger partial charge < -0.3 is 4.74 Å². The molecule has 0 saturated carbocycles. The van der Waals surface area contributed by atoms with Crippen molar-refractivity contribution < 1.29 is 4.74 Å². The van der Waals surface area contributed by atoms with Crippen LogP contribution >= 0.6 is 0 Å². The van der Waals surface area contributed by atoms with Crippen LogP contribution in [0.15, 0.2) is 24.3 Å². The molecule has 0 aliphatic carbocycles. The Morgan fingerprint density at radius 2 is 1.17 bits per heavy atom. The quantitative estimate of drug-likeness (QED) is 0.311. The highest BCUT2D eigenvalue weighted by Gasteiger charge is 2.11. The molecular formula is C21H38NO+. The summed E-state index contributed by atoms with van der Waals surface area (Å²) >= 11 is 0. The lowest BCUT2D eigenvalue weighted by atomic mass is 10.1.